The Balaban J connectivity index is 1.86. The molecule has 1 unspecified atom stereocenters. The average molecular weight is 279 g/mol. The van der Waals surface area contributed by atoms with Crippen LogP contribution in [0.4, 0.5) is 5.69 Å². The van der Waals surface area contributed by atoms with E-state index < -0.39 is 5.76 Å². The second-order valence-electron chi connectivity index (χ2n) is 4.83. The van der Waals surface area contributed by atoms with E-state index in [1.165, 1.54) is 0 Å². The van der Waals surface area contributed by atoms with Crippen LogP contribution < -0.4 is 11.1 Å². The highest BCUT2D eigenvalue weighted by molar-refractivity contribution is 5.76. The minimum absolute atomic E-state index is 0.0365. The van der Waals surface area contributed by atoms with Gasteiger partial charge in [0.05, 0.1) is 17.1 Å². The second-order valence-corrected chi connectivity index (χ2v) is 4.83. The van der Waals surface area contributed by atoms with Crippen molar-refractivity contribution < 1.29 is 4.42 Å². The zero-order valence-electron chi connectivity index (χ0n) is 11.4. The molecule has 0 aliphatic rings. The number of aromatic amines is 1. The van der Waals surface area contributed by atoms with Gasteiger partial charge in [0.15, 0.2) is 5.58 Å². The topological polar surface area (TPSA) is 81.8 Å². The van der Waals surface area contributed by atoms with Crippen LogP contribution in [0.15, 0.2) is 51.7 Å². The fourth-order valence-corrected chi connectivity index (χ4v) is 2.25. The molecule has 21 heavy (non-hydrogen) atoms. The summed E-state index contributed by atoms with van der Waals surface area (Å²) in [7, 11) is 0. The van der Waals surface area contributed by atoms with Crippen LogP contribution in [0.25, 0.3) is 11.1 Å². The summed E-state index contributed by atoms with van der Waals surface area (Å²) in [6.45, 7) is 2.01. The number of hydrogen-bond acceptors (Lipinski definition) is 4. The fourth-order valence-electron chi connectivity index (χ4n) is 2.25. The van der Waals surface area contributed by atoms with Crippen LogP contribution in [0.3, 0.4) is 0 Å². The molecule has 3 rings (SSSR count). The Morgan fingerprint density at radius 3 is 2.95 bits per heavy atom. The Bertz CT molecular complexity index is 886. The first kappa shape index (κ1) is 13.0. The first-order chi connectivity index (χ1) is 10.2. The van der Waals surface area contributed by atoms with Crippen LogP contribution in [0.2, 0.25) is 0 Å². The lowest BCUT2D eigenvalue weighted by Gasteiger charge is -2.15. The number of benzene rings is 2. The average Bonchev–Trinajstić information content (AvgIpc) is 2.86. The highest BCUT2D eigenvalue weighted by atomic mass is 16.4. The van der Waals surface area contributed by atoms with E-state index in [-0.39, 0.29) is 6.04 Å². The molecule has 0 radical (unpaired) electrons. The Kier molecular flexibility index (Phi) is 3.20. The first-order valence-electron chi connectivity index (χ1n) is 6.55. The molecule has 5 nitrogen and oxygen atoms in total. The number of nitriles is 1. The molecule has 0 bridgehead atoms. The van der Waals surface area contributed by atoms with Gasteiger partial charge in [-0.15, -0.1) is 0 Å². The molecular formula is C16H13N3O2. The number of anilines is 1. The van der Waals surface area contributed by atoms with Gasteiger partial charge in [-0.25, -0.2) is 4.79 Å². The number of aromatic nitrogens is 1. The van der Waals surface area contributed by atoms with Gasteiger partial charge < -0.3 is 9.73 Å². The van der Waals surface area contributed by atoms with Gasteiger partial charge in [0.25, 0.3) is 0 Å². The molecule has 0 saturated carbocycles. The molecule has 0 fully saturated rings. The number of nitrogens with one attached hydrogen (secondary N) is 2. The minimum Gasteiger partial charge on any atom is -0.408 e. The SMILES string of the molecule is CC(Nc1ccc2oc(=O)[nH]c2c1)c1cccc(C#N)c1. The van der Waals surface area contributed by atoms with Crippen molar-refractivity contribution in [3.8, 4) is 6.07 Å². The zero-order valence-corrected chi connectivity index (χ0v) is 11.4. The number of nitrogens with zero attached hydrogens (tertiary/aromatic N) is 1. The molecule has 104 valence electrons. The summed E-state index contributed by atoms with van der Waals surface area (Å²) in [6, 6.07) is 15.1. The second kappa shape index (κ2) is 5.17. The monoisotopic (exact) mass is 279 g/mol. The molecular weight excluding hydrogens is 266 g/mol. The molecule has 0 aliphatic heterocycles. The number of fused-ring (bicyclic) bond motifs is 1. The minimum atomic E-state index is -0.461. The summed E-state index contributed by atoms with van der Waals surface area (Å²) in [5, 5.41) is 12.3. The van der Waals surface area contributed by atoms with Crippen LogP contribution in [0.5, 0.6) is 0 Å². The first-order valence-corrected chi connectivity index (χ1v) is 6.55. The Labute approximate surface area is 120 Å². The lowest BCUT2D eigenvalue weighted by atomic mass is 10.1. The molecule has 0 amide bonds. The van der Waals surface area contributed by atoms with E-state index in [2.05, 4.69) is 16.4 Å². The van der Waals surface area contributed by atoms with Gasteiger partial charge in [0.1, 0.15) is 0 Å². The molecule has 3 aromatic rings. The fraction of sp³-hybridized carbons (Fsp3) is 0.125. The van der Waals surface area contributed by atoms with Crippen LogP contribution in [-0.2, 0) is 0 Å². The van der Waals surface area contributed by atoms with E-state index in [4.69, 9.17) is 9.68 Å². The quantitative estimate of drug-likeness (QED) is 0.771. The van der Waals surface area contributed by atoms with Crippen LogP contribution in [-0.4, -0.2) is 4.98 Å². The van der Waals surface area contributed by atoms with Gasteiger partial charge in [-0.1, -0.05) is 12.1 Å². The molecule has 1 aromatic heterocycles. The van der Waals surface area contributed by atoms with Crippen molar-refractivity contribution in [2.24, 2.45) is 0 Å². The molecule has 5 heteroatoms. The molecule has 2 N–H and O–H groups in total. The van der Waals surface area contributed by atoms with Crippen molar-refractivity contribution in [1.82, 2.24) is 4.98 Å². The van der Waals surface area contributed by atoms with Crippen LogP contribution >= 0.6 is 0 Å². The summed E-state index contributed by atoms with van der Waals surface area (Å²) >= 11 is 0. The van der Waals surface area contributed by atoms with Gasteiger partial charge in [-0.05, 0) is 42.8 Å². The van der Waals surface area contributed by atoms with Crippen LogP contribution in [0, 0.1) is 11.3 Å². The van der Waals surface area contributed by atoms with E-state index in [0.29, 0.717) is 16.7 Å². The maximum absolute atomic E-state index is 11.1. The van der Waals surface area contributed by atoms with E-state index in [1.54, 1.807) is 12.1 Å². The number of hydrogen-bond donors (Lipinski definition) is 2. The van der Waals surface area contributed by atoms with Crippen molar-refractivity contribution in [2.45, 2.75) is 13.0 Å². The van der Waals surface area contributed by atoms with E-state index in [9.17, 15) is 4.79 Å². The maximum Gasteiger partial charge on any atom is 0.417 e. The van der Waals surface area contributed by atoms with E-state index in [0.717, 1.165) is 11.3 Å². The standard InChI is InChI=1S/C16H13N3O2/c1-10(12-4-2-3-11(7-12)9-17)18-13-5-6-15-14(8-13)19-16(20)21-15/h2-8,10,18H,1H3,(H,19,20). The summed E-state index contributed by atoms with van der Waals surface area (Å²) in [5.41, 5.74) is 3.72. The predicted octanol–water partition coefficient (Wildman–Crippen LogP) is 3.17. The molecule has 1 atom stereocenters. The van der Waals surface area contributed by atoms with Gasteiger partial charge in [0, 0.05) is 11.7 Å². The summed E-state index contributed by atoms with van der Waals surface area (Å²) < 4.78 is 4.97. The van der Waals surface area contributed by atoms with Crippen molar-refractivity contribution in [1.29, 1.82) is 5.26 Å². The van der Waals surface area contributed by atoms with Gasteiger partial charge >= 0.3 is 5.76 Å². The molecule has 2 aromatic carbocycles. The Morgan fingerprint density at radius 2 is 2.14 bits per heavy atom. The van der Waals surface area contributed by atoms with E-state index >= 15 is 0 Å². The third-order valence-electron chi connectivity index (χ3n) is 3.32. The summed E-state index contributed by atoms with van der Waals surface area (Å²) in [6.07, 6.45) is 0. The number of oxazole rings is 1. The molecule has 0 aliphatic carbocycles. The normalized spacial score (nSPS) is 12.0. The van der Waals surface area contributed by atoms with Crippen molar-refractivity contribution in [2.75, 3.05) is 5.32 Å². The zero-order chi connectivity index (χ0) is 14.8. The Hall–Kier alpha value is -3.00. The summed E-state index contributed by atoms with van der Waals surface area (Å²) in [5.74, 6) is -0.461. The van der Waals surface area contributed by atoms with E-state index in [1.807, 2.05) is 37.3 Å². The highest BCUT2D eigenvalue weighted by Crippen LogP contribution is 2.22. The maximum atomic E-state index is 11.1. The molecule has 1 heterocycles. The smallest absolute Gasteiger partial charge is 0.408 e. The van der Waals surface area contributed by atoms with Gasteiger partial charge in [0.2, 0.25) is 0 Å². The molecule has 0 spiro atoms. The predicted molar refractivity (Wildman–Crippen MR) is 80.0 cm³/mol. The lowest BCUT2D eigenvalue weighted by Crippen LogP contribution is -2.06. The third-order valence-corrected chi connectivity index (χ3v) is 3.32. The third kappa shape index (κ3) is 2.65. The number of H-pyrrole nitrogens is 1. The highest BCUT2D eigenvalue weighted by Gasteiger charge is 2.08. The van der Waals surface area contributed by atoms with Crippen molar-refractivity contribution in [3.05, 3.63) is 64.1 Å². The van der Waals surface area contributed by atoms with Crippen LogP contribution in [0.1, 0.15) is 24.1 Å². The molecule has 0 saturated heterocycles. The summed E-state index contributed by atoms with van der Waals surface area (Å²) in [4.78, 5) is 13.8. The Morgan fingerprint density at radius 1 is 1.29 bits per heavy atom. The van der Waals surface area contributed by atoms with Gasteiger partial charge in [-0.2, -0.15) is 5.26 Å². The largest absolute Gasteiger partial charge is 0.417 e. The number of rotatable bonds is 3. The van der Waals surface area contributed by atoms with Crippen molar-refractivity contribution >= 4 is 16.8 Å². The lowest BCUT2D eigenvalue weighted by molar-refractivity contribution is 0.555. The van der Waals surface area contributed by atoms with Crippen molar-refractivity contribution in [3.63, 3.8) is 0 Å². The van der Waals surface area contributed by atoms with Gasteiger partial charge in [-0.3, -0.25) is 4.98 Å².